The van der Waals surface area contributed by atoms with Gasteiger partial charge in [0, 0.05) is 0 Å². The molecular weight excluding hydrogens is 274 g/mol. The topological polar surface area (TPSA) is 53.5 Å². The van der Waals surface area contributed by atoms with Gasteiger partial charge in [-0.15, -0.1) is 0 Å². The van der Waals surface area contributed by atoms with Gasteiger partial charge in [-0.2, -0.15) is 4.79 Å². The van der Waals surface area contributed by atoms with Crippen molar-refractivity contribution in [2.24, 2.45) is 0 Å². The van der Waals surface area contributed by atoms with E-state index in [1.807, 2.05) is 0 Å². The van der Waals surface area contributed by atoms with Crippen molar-refractivity contribution in [1.29, 1.82) is 0 Å². The van der Waals surface area contributed by atoms with Crippen molar-refractivity contribution in [3.8, 4) is 0 Å². The number of rotatable bonds is 2. The molecule has 3 nitrogen and oxygen atoms in total. The first-order valence-electron chi connectivity index (χ1n) is 3.42. The van der Waals surface area contributed by atoms with Crippen molar-refractivity contribution in [3.05, 3.63) is 38.5 Å². The van der Waals surface area contributed by atoms with Crippen LogP contribution in [-0.2, 0) is 0 Å². The summed E-state index contributed by atoms with van der Waals surface area (Å²) in [6.45, 7) is 0. The van der Waals surface area contributed by atoms with Gasteiger partial charge in [0.2, 0.25) is 0 Å². The molecule has 0 N–H and O–H groups in total. The molecule has 0 spiro atoms. The highest BCUT2D eigenvalue weighted by Gasteiger charge is 2.14. The first kappa shape index (κ1) is 11.0. The van der Waals surface area contributed by atoms with E-state index in [0.29, 0.717) is 6.21 Å². The van der Waals surface area contributed by atoms with Gasteiger partial charge >= 0.3 is 6.21 Å². The molecule has 0 amide bonds. The fraction of sp³-hybridized carbons (Fsp3) is 0. The van der Waals surface area contributed by atoms with E-state index in [2.05, 4.69) is 20.7 Å². The average Bonchev–Trinajstić information content (AvgIpc) is 2.11. The van der Waals surface area contributed by atoms with E-state index < -0.39 is 11.6 Å². The third-order valence-corrected chi connectivity index (χ3v) is 2.37. The van der Waals surface area contributed by atoms with Crippen molar-refractivity contribution in [3.63, 3.8) is 0 Å². The Morgan fingerprint density at radius 3 is 2.86 bits per heavy atom. The zero-order valence-electron chi connectivity index (χ0n) is 6.67. The van der Waals surface area contributed by atoms with E-state index in [1.54, 1.807) is 0 Å². The maximum absolute atomic E-state index is 13.0. The molecule has 1 aromatic carbocycles. The van der Waals surface area contributed by atoms with Crippen LogP contribution in [0.3, 0.4) is 0 Å². The lowest BCUT2D eigenvalue weighted by molar-refractivity contribution is 0.00234. The number of hydrogen-bond acceptors (Lipinski definition) is 1. The summed E-state index contributed by atoms with van der Waals surface area (Å²) in [6.07, 6.45) is 0.647. The Bertz CT molecular complexity index is 443. The normalized spacial score (nSPS) is 9.36. The highest BCUT2D eigenvalue weighted by atomic mass is 79.9. The predicted octanol–water partition coefficient (Wildman–Crippen LogP) is 2.72. The summed E-state index contributed by atoms with van der Waals surface area (Å²) in [5, 5.41) is 0.0863. The Hall–Kier alpha value is -1.03. The summed E-state index contributed by atoms with van der Waals surface area (Å²) >= 11 is 8.59. The molecule has 0 aliphatic rings. The van der Waals surface area contributed by atoms with Crippen LogP contribution in [0.4, 0.5) is 4.39 Å². The molecule has 0 saturated heterocycles. The molecule has 0 saturated carbocycles. The van der Waals surface area contributed by atoms with E-state index in [-0.39, 0.29) is 15.1 Å². The Kier molecular flexibility index (Phi) is 3.52. The maximum Gasteiger partial charge on any atom is 0.328 e. The second-order valence-corrected chi connectivity index (χ2v) is 3.62. The van der Waals surface area contributed by atoms with Gasteiger partial charge in [-0.25, -0.2) is 4.39 Å². The Morgan fingerprint density at radius 2 is 2.29 bits per heavy atom. The van der Waals surface area contributed by atoms with Crippen LogP contribution in [0.25, 0.3) is 5.53 Å². The summed E-state index contributed by atoms with van der Waals surface area (Å²) in [6, 6.07) is 2.23. The molecule has 1 rings (SSSR count). The second-order valence-electron chi connectivity index (χ2n) is 2.35. The average molecular weight is 277 g/mol. The lowest BCUT2D eigenvalue weighted by Crippen LogP contribution is -2.02. The number of carbonyl (C=O) groups excluding carboxylic acids is 1. The molecule has 0 fully saturated rings. The molecule has 6 heteroatoms. The number of benzene rings is 1. The van der Waals surface area contributed by atoms with Gasteiger partial charge in [-0.05, 0) is 28.1 Å². The zero-order chi connectivity index (χ0) is 10.7. The SMILES string of the molecule is [N-]=[N+]=CC(=O)c1cc(F)c(Br)cc1Cl. The predicted molar refractivity (Wildman–Crippen MR) is 53.1 cm³/mol. The Morgan fingerprint density at radius 1 is 1.64 bits per heavy atom. The van der Waals surface area contributed by atoms with Gasteiger partial charge < -0.3 is 5.53 Å². The fourth-order valence-corrected chi connectivity index (χ4v) is 1.57. The molecule has 0 atom stereocenters. The third kappa shape index (κ3) is 2.26. The van der Waals surface area contributed by atoms with Crippen molar-refractivity contribution in [2.75, 3.05) is 0 Å². The zero-order valence-corrected chi connectivity index (χ0v) is 9.01. The minimum absolute atomic E-state index is 0.0508. The molecule has 0 aromatic heterocycles. The van der Waals surface area contributed by atoms with Gasteiger partial charge in [-0.3, -0.25) is 4.79 Å². The van der Waals surface area contributed by atoms with Gasteiger partial charge in [0.15, 0.2) is 0 Å². The summed E-state index contributed by atoms with van der Waals surface area (Å²) in [5.41, 5.74) is 8.06. The number of Topliss-reactive ketones (excluding diaryl/α,β-unsaturated/α-hetero) is 1. The summed E-state index contributed by atoms with van der Waals surface area (Å²) in [7, 11) is 0. The van der Waals surface area contributed by atoms with E-state index in [0.717, 1.165) is 6.07 Å². The minimum atomic E-state index is -0.663. The molecular formula is C8H3BrClFN2O. The van der Waals surface area contributed by atoms with Crippen molar-refractivity contribution in [1.82, 2.24) is 0 Å². The number of nitrogens with zero attached hydrogens (tertiary/aromatic N) is 2. The van der Waals surface area contributed by atoms with Crippen LogP contribution in [-0.4, -0.2) is 16.8 Å². The van der Waals surface area contributed by atoms with Crippen LogP contribution in [0.15, 0.2) is 16.6 Å². The van der Waals surface area contributed by atoms with Crippen LogP contribution in [0.5, 0.6) is 0 Å². The number of ketones is 1. The quantitative estimate of drug-likeness (QED) is 0.270. The van der Waals surface area contributed by atoms with Crippen LogP contribution in [0.2, 0.25) is 5.02 Å². The first-order chi connectivity index (χ1) is 6.56. The molecule has 14 heavy (non-hydrogen) atoms. The highest BCUT2D eigenvalue weighted by Crippen LogP contribution is 2.24. The lowest BCUT2D eigenvalue weighted by Gasteiger charge is -1.99. The van der Waals surface area contributed by atoms with E-state index in [1.165, 1.54) is 6.07 Å². The first-order valence-corrected chi connectivity index (χ1v) is 4.59. The highest BCUT2D eigenvalue weighted by molar-refractivity contribution is 9.10. The van der Waals surface area contributed by atoms with Crippen molar-refractivity contribution in [2.45, 2.75) is 0 Å². The van der Waals surface area contributed by atoms with Crippen LogP contribution in [0.1, 0.15) is 10.4 Å². The van der Waals surface area contributed by atoms with E-state index >= 15 is 0 Å². The molecule has 1 aromatic rings. The third-order valence-electron chi connectivity index (χ3n) is 1.45. The van der Waals surface area contributed by atoms with E-state index in [4.69, 9.17) is 17.1 Å². The second kappa shape index (κ2) is 4.46. The standard InChI is InChI=1S/C8H3BrClFN2O/c9-5-2-6(10)4(1-7(5)11)8(14)3-13-12/h1-3H. The van der Waals surface area contributed by atoms with Gasteiger partial charge in [0.05, 0.1) is 15.1 Å². The Labute approximate surface area is 92.2 Å². The van der Waals surface area contributed by atoms with Crippen molar-refractivity contribution < 1.29 is 14.0 Å². The monoisotopic (exact) mass is 276 g/mol. The summed E-state index contributed by atoms with van der Waals surface area (Å²) in [4.78, 5) is 13.7. The smallest absolute Gasteiger partial charge is 0.328 e. The summed E-state index contributed by atoms with van der Waals surface area (Å²) in [5.74, 6) is -1.27. The lowest BCUT2D eigenvalue weighted by atomic mass is 10.1. The number of halogens is 3. The molecule has 0 aliphatic heterocycles. The minimum Gasteiger partial charge on any atom is -0.361 e. The van der Waals surface area contributed by atoms with Crippen LogP contribution < -0.4 is 0 Å². The van der Waals surface area contributed by atoms with Gasteiger partial charge in [0.1, 0.15) is 5.82 Å². The van der Waals surface area contributed by atoms with Crippen LogP contribution in [0, 0.1) is 5.82 Å². The molecule has 0 bridgehead atoms. The fourth-order valence-electron chi connectivity index (χ4n) is 0.833. The molecule has 0 unspecified atom stereocenters. The van der Waals surface area contributed by atoms with E-state index in [9.17, 15) is 9.18 Å². The van der Waals surface area contributed by atoms with Crippen molar-refractivity contribution >= 4 is 39.5 Å². The number of hydrogen-bond donors (Lipinski definition) is 0. The number of carbonyl (C=O) groups is 1. The van der Waals surface area contributed by atoms with Crippen LogP contribution >= 0.6 is 27.5 Å². The Balaban J connectivity index is 3.29. The summed E-state index contributed by atoms with van der Waals surface area (Å²) < 4.78 is 13.2. The molecule has 72 valence electrons. The molecule has 0 radical (unpaired) electrons. The molecule has 0 heterocycles. The largest absolute Gasteiger partial charge is 0.361 e. The van der Waals surface area contributed by atoms with Gasteiger partial charge in [0.25, 0.3) is 5.78 Å². The molecule has 0 aliphatic carbocycles. The van der Waals surface area contributed by atoms with Gasteiger partial charge in [-0.1, -0.05) is 11.6 Å². The maximum atomic E-state index is 13.0.